The second-order valence-corrected chi connectivity index (χ2v) is 9.49. The van der Waals surface area contributed by atoms with Gasteiger partial charge in [0.25, 0.3) is 5.91 Å². The molecule has 2 aliphatic rings. The fourth-order valence-corrected chi connectivity index (χ4v) is 5.50. The molecule has 0 radical (unpaired) electrons. The van der Waals surface area contributed by atoms with E-state index in [2.05, 4.69) is 20.3 Å². The van der Waals surface area contributed by atoms with Crippen LogP contribution in [0.25, 0.3) is 0 Å². The Labute approximate surface area is 201 Å². The number of hydrogen-bond acceptors (Lipinski definition) is 7. The number of amides is 1. The van der Waals surface area contributed by atoms with Gasteiger partial charge < -0.3 is 10.2 Å². The Morgan fingerprint density at radius 3 is 2.54 bits per heavy atom. The molecule has 0 bridgehead atoms. The third kappa shape index (κ3) is 4.33. The minimum Gasteiger partial charge on any atom is -0.338 e. The largest absolute Gasteiger partial charge is 0.338 e. The summed E-state index contributed by atoms with van der Waals surface area (Å²) >= 11 is 1.56. The number of anilines is 2. The Morgan fingerprint density at radius 2 is 1.80 bits per heavy atom. The first-order chi connectivity index (χ1) is 16.7. The molecule has 1 saturated heterocycles. The minimum atomic E-state index is -1.11. The van der Waals surface area contributed by atoms with Crippen molar-refractivity contribution >= 4 is 34.3 Å². The SMILES string of the molecule is CC1=N[C@@]2(c3cc(NC(=O)c4ncc(F)cc4F)ccc3F)CN(c3ncc(F)cn3)C[C@H]2CS1. The molecule has 180 valence electrons. The van der Waals surface area contributed by atoms with Crippen LogP contribution < -0.4 is 10.2 Å². The van der Waals surface area contributed by atoms with Gasteiger partial charge in [0.2, 0.25) is 5.95 Å². The van der Waals surface area contributed by atoms with E-state index in [1.54, 1.807) is 11.8 Å². The summed E-state index contributed by atoms with van der Waals surface area (Å²) in [4.78, 5) is 30.8. The van der Waals surface area contributed by atoms with Gasteiger partial charge in [0.15, 0.2) is 17.3 Å². The van der Waals surface area contributed by atoms with Gasteiger partial charge in [-0.25, -0.2) is 32.5 Å². The van der Waals surface area contributed by atoms with Crippen LogP contribution in [0.3, 0.4) is 0 Å². The number of hydrogen-bond donors (Lipinski definition) is 1. The third-order valence-electron chi connectivity index (χ3n) is 6.00. The average Bonchev–Trinajstić information content (AvgIpc) is 3.20. The lowest BCUT2D eigenvalue weighted by molar-refractivity contribution is 0.101. The molecule has 5 rings (SSSR count). The van der Waals surface area contributed by atoms with Crippen molar-refractivity contribution in [1.82, 2.24) is 15.0 Å². The zero-order valence-electron chi connectivity index (χ0n) is 18.3. The fraction of sp³-hybridized carbons (Fsp3) is 0.261. The quantitative estimate of drug-likeness (QED) is 0.539. The van der Waals surface area contributed by atoms with E-state index in [0.717, 1.165) is 23.6 Å². The number of pyridine rings is 1. The summed E-state index contributed by atoms with van der Waals surface area (Å²) in [5.74, 6) is -3.17. The molecule has 7 nitrogen and oxygen atoms in total. The van der Waals surface area contributed by atoms with Crippen LogP contribution in [-0.4, -0.2) is 44.7 Å². The topological polar surface area (TPSA) is 83.4 Å². The highest BCUT2D eigenvalue weighted by Crippen LogP contribution is 2.47. The highest BCUT2D eigenvalue weighted by Gasteiger charge is 2.51. The molecule has 1 amide bonds. The second-order valence-electron chi connectivity index (χ2n) is 8.28. The standard InChI is InChI=1S/C23H18F4N6OS/c1-12-32-23(11-33(9-13(23)10-35-12)22-29-7-15(25)8-30-22)17-5-16(2-3-18(17)26)31-21(34)20-19(27)4-14(24)6-28-20/h2-8,13H,9-11H2,1H3,(H,31,34)/t13-,23-/m0/s1. The van der Waals surface area contributed by atoms with Crippen molar-refractivity contribution in [3.05, 3.63) is 77.4 Å². The first-order valence-corrected chi connectivity index (χ1v) is 11.6. The Kier molecular flexibility index (Phi) is 5.91. The molecule has 0 spiro atoms. The van der Waals surface area contributed by atoms with E-state index in [9.17, 15) is 18.0 Å². The monoisotopic (exact) mass is 502 g/mol. The van der Waals surface area contributed by atoms with E-state index >= 15 is 4.39 Å². The van der Waals surface area contributed by atoms with E-state index < -0.39 is 40.4 Å². The Bertz CT molecular complexity index is 1340. The molecule has 2 aliphatic heterocycles. The van der Waals surface area contributed by atoms with Gasteiger partial charge in [-0.2, -0.15) is 0 Å². The van der Waals surface area contributed by atoms with Crippen LogP contribution in [0.2, 0.25) is 0 Å². The maximum atomic E-state index is 15.3. The van der Waals surface area contributed by atoms with Crippen LogP contribution in [0, 0.1) is 29.2 Å². The molecule has 0 saturated carbocycles. The van der Waals surface area contributed by atoms with Gasteiger partial charge in [0.1, 0.15) is 17.2 Å². The van der Waals surface area contributed by atoms with Crippen LogP contribution >= 0.6 is 11.8 Å². The summed E-state index contributed by atoms with van der Waals surface area (Å²) in [5, 5.41) is 3.27. The molecule has 4 heterocycles. The molecule has 2 aromatic heterocycles. The van der Waals surface area contributed by atoms with Crippen LogP contribution in [-0.2, 0) is 5.54 Å². The fourth-order valence-electron chi connectivity index (χ4n) is 4.45. The first kappa shape index (κ1) is 23.2. The summed E-state index contributed by atoms with van der Waals surface area (Å²) < 4.78 is 55.7. The van der Waals surface area contributed by atoms with Crippen molar-refractivity contribution in [3.8, 4) is 0 Å². The zero-order valence-corrected chi connectivity index (χ0v) is 19.1. The number of carbonyl (C=O) groups is 1. The van der Waals surface area contributed by atoms with E-state index in [1.807, 2.05) is 11.8 Å². The van der Waals surface area contributed by atoms with Gasteiger partial charge in [-0.05, 0) is 25.1 Å². The molecule has 2 atom stereocenters. The second kappa shape index (κ2) is 8.91. The van der Waals surface area contributed by atoms with Crippen molar-refractivity contribution in [2.24, 2.45) is 10.9 Å². The van der Waals surface area contributed by atoms with E-state index in [-0.39, 0.29) is 23.7 Å². The maximum absolute atomic E-state index is 15.3. The molecule has 12 heteroatoms. The Hall–Kier alpha value is -3.54. The van der Waals surface area contributed by atoms with Crippen molar-refractivity contribution in [2.45, 2.75) is 12.5 Å². The average molecular weight is 502 g/mol. The predicted octanol–water partition coefficient (Wildman–Crippen LogP) is 4.18. The lowest BCUT2D eigenvalue weighted by Gasteiger charge is -2.35. The number of benzene rings is 1. The molecular weight excluding hydrogens is 484 g/mol. The highest BCUT2D eigenvalue weighted by molar-refractivity contribution is 8.13. The molecule has 35 heavy (non-hydrogen) atoms. The van der Waals surface area contributed by atoms with Gasteiger partial charge in [-0.1, -0.05) is 0 Å². The smallest absolute Gasteiger partial charge is 0.277 e. The molecule has 3 aromatic rings. The molecule has 1 fully saturated rings. The predicted molar refractivity (Wildman–Crippen MR) is 123 cm³/mol. The van der Waals surface area contributed by atoms with Gasteiger partial charge >= 0.3 is 0 Å². The van der Waals surface area contributed by atoms with E-state index in [1.165, 1.54) is 18.2 Å². The number of thioether (sulfide) groups is 1. The number of carbonyl (C=O) groups excluding carboxylic acids is 1. The molecule has 0 unspecified atom stereocenters. The van der Waals surface area contributed by atoms with Crippen LogP contribution in [0.5, 0.6) is 0 Å². The van der Waals surface area contributed by atoms with Gasteiger partial charge in [0, 0.05) is 35.5 Å². The molecule has 0 aliphatic carbocycles. The molecular formula is C23H18F4N6OS. The molecule has 1 aromatic carbocycles. The normalized spacial score (nSPS) is 21.5. The Balaban J connectivity index is 1.50. The number of rotatable bonds is 4. The van der Waals surface area contributed by atoms with Crippen molar-refractivity contribution in [3.63, 3.8) is 0 Å². The van der Waals surface area contributed by atoms with Crippen LogP contribution in [0.15, 0.2) is 47.8 Å². The van der Waals surface area contributed by atoms with Gasteiger partial charge in [-0.3, -0.25) is 9.79 Å². The Morgan fingerprint density at radius 1 is 1.06 bits per heavy atom. The summed E-state index contributed by atoms with van der Waals surface area (Å²) in [7, 11) is 0. The number of nitrogens with zero attached hydrogens (tertiary/aromatic N) is 5. The van der Waals surface area contributed by atoms with Gasteiger partial charge in [0.05, 0.1) is 30.2 Å². The number of fused-ring (bicyclic) bond motifs is 1. The summed E-state index contributed by atoms with van der Waals surface area (Å²) in [5.41, 5.74) is -1.14. The van der Waals surface area contributed by atoms with Crippen molar-refractivity contribution in [2.75, 3.05) is 29.1 Å². The highest BCUT2D eigenvalue weighted by atomic mass is 32.2. The van der Waals surface area contributed by atoms with Crippen molar-refractivity contribution < 1.29 is 22.4 Å². The van der Waals surface area contributed by atoms with E-state index in [4.69, 9.17) is 4.99 Å². The first-order valence-electron chi connectivity index (χ1n) is 10.6. The zero-order chi connectivity index (χ0) is 24.7. The van der Waals surface area contributed by atoms with Crippen LogP contribution in [0.4, 0.5) is 29.2 Å². The lowest BCUT2D eigenvalue weighted by Crippen LogP contribution is -2.39. The van der Waals surface area contributed by atoms with Crippen molar-refractivity contribution in [1.29, 1.82) is 0 Å². The lowest BCUT2D eigenvalue weighted by atomic mass is 9.81. The summed E-state index contributed by atoms with van der Waals surface area (Å²) in [6, 6.07) is 4.56. The molecule has 1 N–H and O–H groups in total. The number of aliphatic imine (C=N–C) groups is 1. The third-order valence-corrected chi connectivity index (χ3v) is 7.08. The number of halogens is 4. The number of aromatic nitrogens is 3. The minimum absolute atomic E-state index is 0.124. The number of nitrogens with one attached hydrogen (secondary N) is 1. The van der Waals surface area contributed by atoms with E-state index in [0.29, 0.717) is 24.3 Å². The van der Waals surface area contributed by atoms with Gasteiger partial charge in [-0.15, -0.1) is 11.8 Å². The summed E-state index contributed by atoms with van der Waals surface area (Å²) in [6.45, 7) is 2.55. The summed E-state index contributed by atoms with van der Waals surface area (Å²) in [6.07, 6.45) is 2.87. The maximum Gasteiger partial charge on any atom is 0.277 e. The van der Waals surface area contributed by atoms with Crippen LogP contribution in [0.1, 0.15) is 23.0 Å².